The Hall–Kier alpha value is -0.780. The van der Waals surface area contributed by atoms with Crippen molar-refractivity contribution in [3.05, 3.63) is 33.8 Å². The first-order chi connectivity index (χ1) is 6.61. The smallest absolute Gasteiger partial charge is 0.206 e. The topological polar surface area (TPSA) is 74.3 Å². The number of nitrogens with zero attached hydrogens (tertiary/aromatic N) is 1. The van der Waals surface area contributed by atoms with Crippen molar-refractivity contribution in [1.29, 1.82) is 5.41 Å². The Balaban J connectivity index is 0.00000196. The fourth-order valence-electron chi connectivity index (χ4n) is 0.800. The van der Waals surface area contributed by atoms with E-state index in [-0.39, 0.29) is 22.9 Å². The molecule has 0 aromatic heterocycles. The molecule has 1 rings (SSSR count). The third-order valence-electron chi connectivity index (χ3n) is 1.38. The van der Waals surface area contributed by atoms with E-state index in [4.69, 9.17) is 34.3 Å². The predicted molar refractivity (Wildman–Crippen MR) is 69.4 cm³/mol. The molecule has 0 atom stereocenters. The summed E-state index contributed by atoms with van der Waals surface area (Å²) in [5.74, 6) is -0.246. The molecule has 0 aliphatic carbocycles. The second-order valence-electron chi connectivity index (χ2n) is 2.42. The lowest BCUT2D eigenvalue weighted by atomic mass is 10.2. The van der Waals surface area contributed by atoms with Crippen molar-refractivity contribution in [1.82, 2.24) is 5.43 Å². The lowest BCUT2D eigenvalue weighted by molar-refractivity contribution is 1.00. The minimum absolute atomic E-state index is 0. The normalized spacial score (nSPS) is 9.73. The molecule has 82 valence electrons. The van der Waals surface area contributed by atoms with Gasteiger partial charge in [-0.3, -0.25) is 5.41 Å². The highest BCUT2D eigenvalue weighted by molar-refractivity contribution is 8.93. The maximum absolute atomic E-state index is 6.85. The third-order valence-corrected chi connectivity index (χ3v) is 2.04. The molecule has 0 amide bonds. The van der Waals surface area contributed by atoms with Crippen molar-refractivity contribution < 1.29 is 0 Å². The van der Waals surface area contributed by atoms with Crippen molar-refractivity contribution in [2.75, 3.05) is 0 Å². The quantitative estimate of drug-likeness (QED) is 0.446. The average molecular weight is 312 g/mol. The summed E-state index contributed by atoms with van der Waals surface area (Å²) in [4.78, 5) is 0. The summed E-state index contributed by atoms with van der Waals surface area (Å²) in [6, 6.07) is 5.13. The Morgan fingerprint density at radius 2 is 1.93 bits per heavy atom. The molecule has 4 N–H and O–H groups in total. The van der Waals surface area contributed by atoms with E-state index in [0.717, 1.165) is 0 Å². The Labute approximate surface area is 108 Å². The molecule has 4 nitrogen and oxygen atoms in total. The first-order valence-electron chi connectivity index (χ1n) is 3.68. The number of nitrogens with one attached hydrogen (secondary N) is 2. The van der Waals surface area contributed by atoms with Gasteiger partial charge in [-0.25, -0.2) is 5.43 Å². The van der Waals surface area contributed by atoms with Crippen LogP contribution in [0.1, 0.15) is 5.56 Å². The Morgan fingerprint density at radius 1 is 1.40 bits per heavy atom. The number of hydrazone groups is 1. The van der Waals surface area contributed by atoms with Gasteiger partial charge in [-0.1, -0.05) is 29.3 Å². The number of hydrogen-bond acceptors (Lipinski definition) is 2. The van der Waals surface area contributed by atoms with Crippen LogP contribution in [0.25, 0.3) is 0 Å². The Bertz CT molecular complexity index is 361. The van der Waals surface area contributed by atoms with Crippen molar-refractivity contribution >= 4 is 52.4 Å². The number of rotatable bonds is 2. The molecule has 15 heavy (non-hydrogen) atoms. The van der Waals surface area contributed by atoms with Crippen LogP contribution in [0.3, 0.4) is 0 Å². The van der Waals surface area contributed by atoms with E-state index in [1.165, 1.54) is 6.21 Å². The molecule has 1 aromatic carbocycles. The van der Waals surface area contributed by atoms with Crippen LogP contribution in [0, 0.1) is 5.41 Å². The molecule has 0 aliphatic rings. The highest BCUT2D eigenvalue weighted by Gasteiger charge is 2.01. The summed E-state index contributed by atoms with van der Waals surface area (Å²) in [5, 5.41) is 11.5. The molecule has 0 saturated carbocycles. The standard InChI is InChI=1S/C8H8Cl2N4.BrH/c9-6-2-1-3-7(10)5(6)4-13-14-8(11)12;/h1-4H,(H4,11,12,14);1H/b13-4+;. The SMILES string of the molecule is Br.N=C(N)N/N=C/c1c(Cl)cccc1Cl. The second kappa shape index (κ2) is 6.66. The Morgan fingerprint density at radius 3 is 2.40 bits per heavy atom. The van der Waals surface area contributed by atoms with Crippen LogP contribution >= 0.6 is 40.2 Å². The molecule has 0 bridgehead atoms. The van der Waals surface area contributed by atoms with Crippen molar-refractivity contribution in [3.63, 3.8) is 0 Å². The fourth-order valence-corrected chi connectivity index (χ4v) is 1.30. The van der Waals surface area contributed by atoms with Gasteiger partial charge in [0.15, 0.2) is 0 Å². The lowest BCUT2D eigenvalue weighted by Gasteiger charge is -2.00. The molecule has 0 heterocycles. The highest BCUT2D eigenvalue weighted by atomic mass is 79.9. The molecule has 0 saturated heterocycles. The maximum atomic E-state index is 6.85. The summed E-state index contributed by atoms with van der Waals surface area (Å²) in [6.45, 7) is 0. The van der Waals surface area contributed by atoms with Crippen LogP contribution in [0.5, 0.6) is 0 Å². The highest BCUT2D eigenvalue weighted by Crippen LogP contribution is 2.21. The number of benzene rings is 1. The average Bonchev–Trinajstić information content (AvgIpc) is 2.09. The molecule has 0 unspecified atom stereocenters. The number of guanidine groups is 1. The first-order valence-corrected chi connectivity index (χ1v) is 4.44. The summed E-state index contributed by atoms with van der Waals surface area (Å²) >= 11 is 11.7. The van der Waals surface area contributed by atoms with Gasteiger partial charge < -0.3 is 5.73 Å². The van der Waals surface area contributed by atoms with E-state index in [0.29, 0.717) is 15.6 Å². The van der Waals surface area contributed by atoms with Gasteiger partial charge in [0, 0.05) is 5.56 Å². The van der Waals surface area contributed by atoms with E-state index < -0.39 is 0 Å². The van der Waals surface area contributed by atoms with Gasteiger partial charge in [0.1, 0.15) is 0 Å². The van der Waals surface area contributed by atoms with Gasteiger partial charge in [-0.05, 0) is 12.1 Å². The predicted octanol–water partition coefficient (Wildman–Crippen LogP) is 2.39. The van der Waals surface area contributed by atoms with Crippen LogP contribution < -0.4 is 11.2 Å². The zero-order chi connectivity index (χ0) is 10.6. The second-order valence-corrected chi connectivity index (χ2v) is 3.23. The fraction of sp³-hybridized carbons (Fsp3) is 0. The van der Waals surface area contributed by atoms with Crippen molar-refractivity contribution in [2.45, 2.75) is 0 Å². The molecule has 0 radical (unpaired) electrons. The van der Waals surface area contributed by atoms with Gasteiger partial charge in [0.05, 0.1) is 16.3 Å². The molecule has 0 fully saturated rings. The van der Waals surface area contributed by atoms with E-state index in [9.17, 15) is 0 Å². The van der Waals surface area contributed by atoms with Crippen LogP contribution in [-0.2, 0) is 0 Å². The molecule has 7 heteroatoms. The van der Waals surface area contributed by atoms with Gasteiger partial charge in [-0.15, -0.1) is 17.0 Å². The summed E-state index contributed by atoms with van der Waals surface area (Å²) < 4.78 is 0. The zero-order valence-electron chi connectivity index (χ0n) is 7.50. The van der Waals surface area contributed by atoms with Gasteiger partial charge >= 0.3 is 0 Å². The van der Waals surface area contributed by atoms with Crippen molar-refractivity contribution in [3.8, 4) is 0 Å². The monoisotopic (exact) mass is 310 g/mol. The first kappa shape index (κ1) is 14.2. The lowest BCUT2D eigenvalue weighted by Crippen LogP contribution is -2.25. The van der Waals surface area contributed by atoms with E-state index in [1.54, 1.807) is 18.2 Å². The Kier molecular flexibility index (Phi) is 6.31. The van der Waals surface area contributed by atoms with Gasteiger partial charge in [0.25, 0.3) is 0 Å². The van der Waals surface area contributed by atoms with Gasteiger partial charge in [-0.2, -0.15) is 5.10 Å². The molecular formula is C8H9BrCl2N4. The van der Waals surface area contributed by atoms with E-state index in [1.807, 2.05) is 0 Å². The largest absolute Gasteiger partial charge is 0.369 e. The molecule has 0 aliphatic heterocycles. The maximum Gasteiger partial charge on any atom is 0.206 e. The van der Waals surface area contributed by atoms with E-state index in [2.05, 4.69) is 10.5 Å². The van der Waals surface area contributed by atoms with Gasteiger partial charge in [0.2, 0.25) is 5.96 Å². The van der Waals surface area contributed by atoms with Crippen molar-refractivity contribution in [2.24, 2.45) is 10.8 Å². The summed E-state index contributed by atoms with van der Waals surface area (Å²) in [6.07, 6.45) is 1.41. The number of halogens is 3. The third kappa shape index (κ3) is 4.51. The molecule has 0 spiro atoms. The zero-order valence-corrected chi connectivity index (χ0v) is 10.7. The number of nitrogens with two attached hydrogens (primary N) is 1. The van der Waals surface area contributed by atoms with Crippen LogP contribution in [0.15, 0.2) is 23.3 Å². The minimum Gasteiger partial charge on any atom is -0.369 e. The number of hydrogen-bond donors (Lipinski definition) is 3. The van der Waals surface area contributed by atoms with E-state index >= 15 is 0 Å². The molecular weight excluding hydrogens is 303 g/mol. The molecule has 1 aromatic rings. The minimum atomic E-state index is -0.246. The summed E-state index contributed by atoms with van der Waals surface area (Å²) in [5.41, 5.74) is 7.87. The summed E-state index contributed by atoms with van der Waals surface area (Å²) in [7, 11) is 0. The van der Waals surface area contributed by atoms with Crippen LogP contribution in [-0.4, -0.2) is 12.2 Å². The van der Waals surface area contributed by atoms with Crippen LogP contribution in [0.4, 0.5) is 0 Å². The van der Waals surface area contributed by atoms with Crippen LogP contribution in [0.2, 0.25) is 10.0 Å².